The zero-order valence-electron chi connectivity index (χ0n) is 20.1. The highest BCUT2D eigenvalue weighted by Gasteiger charge is 2.61. The van der Waals surface area contributed by atoms with Crippen LogP contribution in [0.1, 0.15) is 78.6 Å². The van der Waals surface area contributed by atoms with Gasteiger partial charge in [0.1, 0.15) is 5.71 Å². The van der Waals surface area contributed by atoms with Gasteiger partial charge in [0.2, 0.25) is 5.91 Å². The Morgan fingerprint density at radius 3 is 2.61 bits per heavy atom. The lowest BCUT2D eigenvalue weighted by atomic mass is 9.44. The molecule has 0 aromatic heterocycles. The second-order valence-electron chi connectivity index (χ2n) is 12.1. The average molecular weight is 474 g/mol. The van der Waals surface area contributed by atoms with Crippen LogP contribution in [0.25, 0.3) is 0 Å². The second kappa shape index (κ2) is 8.32. The number of fused-ring (bicyclic) bond motifs is 5. The summed E-state index contributed by atoms with van der Waals surface area (Å²) in [5.74, 6) is 2.83. The highest BCUT2D eigenvalue weighted by molar-refractivity contribution is 6.54. The van der Waals surface area contributed by atoms with E-state index in [0.29, 0.717) is 11.3 Å². The predicted octanol–water partition coefficient (Wildman–Crippen LogP) is 6.76. The second-order valence-corrected chi connectivity index (χ2v) is 12.5. The van der Waals surface area contributed by atoms with E-state index in [2.05, 4.69) is 31.3 Å². The van der Waals surface area contributed by atoms with Crippen molar-refractivity contribution in [3.8, 4) is 0 Å². The van der Waals surface area contributed by atoms with Crippen LogP contribution >= 0.6 is 11.6 Å². The molecule has 6 heteroatoms. The van der Waals surface area contributed by atoms with E-state index in [4.69, 9.17) is 17.0 Å². The highest BCUT2D eigenvalue weighted by atomic mass is 35.5. The summed E-state index contributed by atoms with van der Waals surface area (Å²) < 4.78 is 14.3. The van der Waals surface area contributed by atoms with E-state index in [1.165, 1.54) is 50.7 Å². The molecular weight excluding hydrogens is 437 g/mol. The summed E-state index contributed by atoms with van der Waals surface area (Å²) >= 11 is 5.84. The molecule has 33 heavy (non-hydrogen) atoms. The average Bonchev–Trinajstić information content (AvgIpc) is 3.14. The molecule has 8 atom stereocenters. The van der Waals surface area contributed by atoms with Crippen LogP contribution in [0, 0.1) is 51.7 Å². The van der Waals surface area contributed by atoms with Crippen LogP contribution in [0.5, 0.6) is 0 Å². The SMILES string of the molecule is C[C@H]1CC[C@@]2(C)C(CCC3C2CC[C@@]2(C)C3CC[C@@H]2C(=O)N/N=C2\C(=N)C=CC(Cl)=C2F)C1. The first-order valence-electron chi connectivity index (χ1n) is 12.9. The Hall–Kier alpha value is -1.49. The molecule has 0 heterocycles. The molecule has 0 aliphatic heterocycles. The minimum atomic E-state index is -0.757. The zero-order valence-corrected chi connectivity index (χ0v) is 20.9. The first-order chi connectivity index (χ1) is 15.6. The van der Waals surface area contributed by atoms with Crippen LogP contribution in [0.2, 0.25) is 0 Å². The summed E-state index contributed by atoms with van der Waals surface area (Å²) in [5.41, 5.74) is 2.77. The van der Waals surface area contributed by atoms with E-state index in [1.807, 2.05) is 0 Å². The largest absolute Gasteiger partial charge is 0.298 e. The number of amides is 1. The number of halogens is 2. The number of nitrogens with zero attached hydrogens (tertiary/aromatic N) is 1. The third-order valence-corrected chi connectivity index (χ3v) is 10.9. The topological polar surface area (TPSA) is 65.3 Å². The molecule has 4 nitrogen and oxygen atoms in total. The number of carbonyl (C=O) groups is 1. The molecule has 5 aliphatic rings. The van der Waals surface area contributed by atoms with Gasteiger partial charge in [-0.05, 0) is 104 Å². The van der Waals surface area contributed by atoms with E-state index in [-0.39, 0.29) is 33.7 Å². The Morgan fingerprint density at radius 1 is 1.09 bits per heavy atom. The van der Waals surface area contributed by atoms with Gasteiger partial charge in [0.25, 0.3) is 0 Å². The minimum Gasteiger partial charge on any atom is -0.298 e. The summed E-state index contributed by atoms with van der Waals surface area (Å²) in [6, 6.07) is 0. The molecule has 4 saturated carbocycles. The van der Waals surface area contributed by atoms with Gasteiger partial charge >= 0.3 is 0 Å². The molecule has 0 bridgehead atoms. The number of carbonyl (C=O) groups excluding carboxylic acids is 1. The van der Waals surface area contributed by atoms with Gasteiger partial charge in [0, 0.05) is 5.92 Å². The Bertz CT molecular complexity index is 957. The molecule has 4 unspecified atom stereocenters. The van der Waals surface area contributed by atoms with Gasteiger partial charge in [0.15, 0.2) is 5.83 Å². The van der Waals surface area contributed by atoms with Crippen molar-refractivity contribution in [3.05, 3.63) is 23.0 Å². The van der Waals surface area contributed by atoms with Crippen molar-refractivity contribution in [1.82, 2.24) is 5.43 Å². The summed E-state index contributed by atoms with van der Waals surface area (Å²) in [7, 11) is 0. The lowest BCUT2D eigenvalue weighted by molar-refractivity contribution is -0.138. The molecule has 2 N–H and O–H groups in total. The Labute approximate surface area is 202 Å². The van der Waals surface area contributed by atoms with Gasteiger partial charge in [-0.3, -0.25) is 10.2 Å². The van der Waals surface area contributed by atoms with Crippen LogP contribution in [0.3, 0.4) is 0 Å². The molecule has 5 aliphatic carbocycles. The first-order valence-corrected chi connectivity index (χ1v) is 13.2. The van der Waals surface area contributed by atoms with Gasteiger partial charge in [0.05, 0.1) is 10.7 Å². The molecule has 0 aromatic rings. The molecule has 0 saturated heterocycles. The monoisotopic (exact) mass is 473 g/mol. The van der Waals surface area contributed by atoms with Crippen molar-refractivity contribution < 1.29 is 9.18 Å². The first kappa shape index (κ1) is 23.3. The van der Waals surface area contributed by atoms with Gasteiger partial charge in [-0.1, -0.05) is 38.8 Å². The van der Waals surface area contributed by atoms with E-state index in [1.54, 1.807) is 0 Å². The van der Waals surface area contributed by atoms with Crippen molar-refractivity contribution >= 4 is 28.9 Å². The third kappa shape index (κ3) is 3.64. The number of rotatable bonds is 2. The van der Waals surface area contributed by atoms with Crippen molar-refractivity contribution in [3.63, 3.8) is 0 Å². The van der Waals surface area contributed by atoms with Crippen LogP contribution < -0.4 is 5.43 Å². The lowest BCUT2D eigenvalue weighted by Crippen LogP contribution is -2.54. The molecule has 4 fully saturated rings. The quantitative estimate of drug-likeness (QED) is 0.337. The molecule has 0 radical (unpaired) electrons. The summed E-state index contributed by atoms with van der Waals surface area (Å²) in [4.78, 5) is 13.3. The number of nitrogens with one attached hydrogen (secondary N) is 2. The van der Waals surface area contributed by atoms with Gasteiger partial charge in [-0.2, -0.15) is 5.10 Å². The van der Waals surface area contributed by atoms with Gasteiger partial charge in [-0.15, -0.1) is 0 Å². The Balaban J connectivity index is 1.32. The van der Waals surface area contributed by atoms with Crippen molar-refractivity contribution in [2.45, 2.75) is 78.6 Å². The molecule has 0 spiro atoms. The number of hydrazone groups is 1. The number of hydrogen-bond donors (Lipinski definition) is 2. The van der Waals surface area contributed by atoms with E-state index < -0.39 is 5.83 Å². The maximum Gasteiger partial charge on any atom is 0.243 e. The maximum absolute atomic E-state index is 14.3. The van der Waals surface area contributed by atoms with E-state index >= 15 is 0 Å². The van der Waals surface area contributed by atoms with E-state index in [9.17, 15) is 9.18 Å². The molecule has 1 amide bonds. The summed E-state index contributed by atoms with van der Waals surface area (Å²) in [6.45, 7) is 7.32. The Morgan fingerprint density at radius 2 is 1.82 bits per heavy atom. The predicted molar refractivity (Wildman–Crippen MR) is 131 cm³/mol. The smallest absolute Gasteiger partial charge is 0.243 e. The number of hydrogen-bond acceptors (Lipinski definition) is 3. The fourth-order valence-corrected chi connectivity index (χ4v) is 8.89. The van der Waals surface area contributed by atoms with Crippen molar-refractivity contribution in [2.75, 3.05) is 0 Å². The number of allylic oxidation sites excluding steroid dienone is 4. The molecule has 5 rings (SSSR count). The third-order valence-electron chi connectivity index (χ3n) is 10.6. The van der Waals surface area contributed by atoms with E-state index in [0.717, 1.165) is 42.9 Å². The summed E-state index contributed by atoms with van der Waals surface area (Å²) in [6.07, 6.45) is 13.8. The van der Waals surface area contributed by atoms with Crippen molar-refractivity contribution in [1.29, 1.82) is 5.41 Å². The normalized spacial score (nSPS) is 46.1. The van der Waals surface area contributed by atoms with Crippen LogP contribution in [-0.4, -0.2) is 17.3 Å². The van der Waals surface area contributed by atoms with Crippen LogP contribution in [0.15, 0.2) is 28.1 Å². The zero-order chi connectivity index (χ0) is 23.5. The van der Waals surface area contributed by atoms with Crippen molar-refractivity contribution in [2.24, 2.45) is 51.4 Å². The lowest BCUT2D eigenvalue weighted by Gasteiger charge is -2.61. The fourth-order valence-electron chi connectivity index (χ4n) is 8.74. The fraction of sp³-hybridized carbons (Fsp3) is 0.741. The molecular formula is C27H37ClFN3O. The standard InChI is InChI=1S/C27H37ClFN3O/c1-15-10-12-26(2)16(14-15)4-5-17-18-6-7-20(27(18,3)13-11-19(17)26)25(33)32-31-24-22(30)9-8-21(28)23(24)29/h8-9,15-20,30H,4-7,10-14H2,1-3H3,(H,32,33)/b30-22?,31-24+/t15-,16?,17?,18?,19?,20+,26-,27-/m0/s1. The maximum atomic E-state index is 14.3. The van der Waals surface area contributed by atoms with Gasteiger partial charge in [-0.25, -0.2) is 9.82 Å². The van der Waals surface area contributed by atoms with Crippen LogP contribution in [-0.2, 0) is 4.79 Å². The minimum absolute atomic E-state index is 0.0252. The molecule has 0 aromatic carbocycles. The highest BCUT2D eigenvalue weighted by Crippen LogP contribution is 2.67. The van der Waals surface area contributed by atoms with Crippen LogP contribution in [0.4, 0.5) is 4.39 Å². The van der Waals surface area contributed by atoms with Gasteiger partial charge < -0.3 is 0 Å². The summed E-state index contributed by atoms with van der Waals surface area (Å²) in [5, 5.41) is 11.8. The Kier molecular flexibility index (Phi) is 5.86. The molecule has 180 valence electrons.